The predicted molar refractivity (Wildman–Crippen MR) is 96.9 cm³/mol. The van der Waals surface area contributed by atoms with Crippen LogP contribution in [0.2, 0.25) is 0 Å². The van der Waals surface area contributed by atoms with Gasteiger partial charge in [-0.25, -0.2) is 9.50 Å². The van der Waals surface area contributed by atoms with Crippen LogP contribution in [-0.2, 0) is 4.74 Å². The molecule has 1 aliphatic carbocycles. The Hall–Kier alpha value is -1.95. The monoisotopic (exact) mass is 344 g/mol. The molecule has 2 aromatic rings. The zero-order valence-corrected chi connectivity index (χ0v) is 15.6. The largest absolute Gasteiger partial charge is 0.376 e. The van der Waals surface area contributed by atoms with E-state index in [2.05, 4.69) is 22.3 Å². The second-order valence-electron chi connectivity index (χ2n) is 7.16. The molecule has 2 heterocycles. The van der Waals surface area contributed by atoms with Crippen molar-refractivity contribution in [2.24, 2.45) is 5.92 Å². The summed E-state index contributed by atoms with van der Waals surface area (Å²) in [5.41, 5.74) is 3.72. The number of carbonyl (C=O) groups excluding carboxylic acids is 1. The van der Waals surface area contributed by atoms with Gasteiger partial charge in [0.05, 0.1) is 18.4 Å². The van der Waals surface area contributed by atoms with E-state index in [4.69, 9.17) is 4.74 Å². The van der Waals surface area contributed by atoms with E-state index in [1.54, 1.807) is 4.52 Å². The number of rotatable bonds is 5. The molecule has 1 aliphatic rings. The van der Waals surface area contributed by atoms with Crippen LogP contribution >= 0.6 is 0 Å². The van der Waals surface area contributed by atoms with Gasteiger partial charge in [-0.1, -0.05) is 19.8 Å². The van der Waals surface area contributed by atoms with Crippen molar-refractivity contribution >= 4 is 11.6 Å². The lowest BCUT2D eigenvalue weighted by Gasteiger charge is -2.28. The van der Waals surface area contributed by atoms with Gasteiger partial charge in [0.2, 0.25) is 0 Å². The minimum absolute atomic E-state index is 0.134. The number of aryl methyl sites for hydroxylation is 3. The second-order valence-corrected chi connectivity index (χ2v) is 7.16. The van der Waals surface area contributed by atoms with Crippen LogP contribution in [0.3, 0.4) is 0 Å². The van der Waals surface area contributed by atoms with Crippen molar-refractivity contribution in [2.75, 3.05) is 13.2 Å². The van der Waals surface area contributed by atoms with Crippen LogP contribution < -0.4 is 5.32 Å². The minimum atomic E-state index is -0.134. The SMILES string of the molecule is Cc1cc(C)n2nc(C)c(C(=O)NCCO[C@H]3CCCC[C@H]3C)c2n1. The number of hydrogen-bond acceptors (Lipinski definition) is 4. The molecule has 0 unspecified atom stereocenters. The summed E-state index contributed by atoms with van der Waals surface area (Å²) in [4.78, 5) is 17.1. The molecule has 0 aromatic carbocycles. The molecule has 1 fully saturated rings. The molecule has 2 atom stereocenters. The Morgan fingerprint density at radius 2 is 2.08 bits per heavy atom. The highest BCUT2D eigenvalue weighted by Gasteiger charge is 2.22. The molecular weight excluding hydrogens is 316 g/mol. The van der Waals surface area contributed by atoms with Gasteiger partial charge >= 0.3 is 0 Å². The molecule has 3 rings (SSSR count). The summed E-state index contributed by atoms with van der Waals surface area (Å²) in [6, 6.07) is 1.96. The fourth-order valence-corrected chi connectivity index (χ4v) is 3.69. The molecule has 0 bridgehead atoms. The van der Waals surface area contributed by atoms with Crippen LogP contribution in [-0.4, -0.2) is 39.8 Å². The Labute approximate surface area is 149 Å². The Bertz CT molecular complexity index is 768. The third kappa shape index (κ3) is 3.84. The minimum Gasteiger partial charge on any atom is -0.376 e. The maximum absolute atomic E-state index is 12.6. The first-order chi connectivity index (χ1) is 12.0. The van der Waals surface area contributed by atoms with Crippen molar-refractivity contribution in [1.82, 2.24) is 19.9 Å². The number of carbonyl (C=O) groups is 1. The van der Waals surface area contributed by atoms with Gasteiger partial charge in [-0.3, -0.25) is 4.79 Å². The lowest BCUT2D eigenvalue weighted by Crippen LogP contribution is -2.32. The number of amides is 1. The van der Waals surface area contributed by atoms with Crippen LogP contribution in [0.25, 0.3) is 5.65 Å². The predicted octanol–water partition coefficient (Wildman–Crippen LogP) is 2.98. The summed E-state index contributed by atoms with van der Waals surface area (Å²) in [5.74, 6) is 0.478. The van der Waals surface area contributed by atoms with Crippen molar-refractivity contribution < 1.29 is 9.53 Å². The van der Waals surface area contributed by atoms with E-state index in [-0.39, 0.29) is 5.91 Å². The maximum atomic E-state index is 12.6. The Morgan fingerprint density at radius 3 is 2.84 bits per heavy atom. The van der Waals surface area contributed by atoms with Crippen LogP contribution in [0.5, 0.6) is 0 Å². The van der Waals surface area contributed by atoms with Crippen LogP contribution in [0.4, 0.5) is 0 Å². The van der Waals surface area contributed by atoms with Gasteiger partial charge in [-0.2, -0.15) is 5.10 Å². The lowest BCUT2D eigenvalue weighted by atomic mass is 9.88. The average molecular weight is 344 g/mol. The average Bonchev–Trinajstić information content (AvgIpc) is 2.89. The van der Waals surface area contributed by atoms with Gasteiger partial charge in [0.25, 0.3) is 5.91 Å². The summed E-state index contributed by atoms with van der Waals surface area (Å²) in [6.45, 7) is 9.04. The van der Waals surface area contributed by atoms with E-state index in [0.717, 1.165) is 17.8 Å². The molecule has 0 aliphatic heterocycles. The van der Waals surface area contributed by atoms with Crippen molar-refractivity contribution in [3.63, 3.8) is 0 Å². The molecule has 1 amide bonds. The molecular formula is C19H28N4O2. The highest BCUT2D eigenvalue weighted by Crippen LogP contribution is 2.26. The molecule has 6 nitrogen and oxygen atoms in total. The highest BCUT2D eigenvalue weighted by molar-refractivity contribution is 6.01. The third-order valence-corrected chi connectivity index (χ3v) is 5.05. The van der Waals surface area contributed by atoms with Crippen molar-refractivity contribution in [1.29, 1.82) is 0 Å². The van der Waals surface area contributed by atoms with Gasteiger partial charge in [-0.15, -0.1) is 0 Å². The summed E-state index contributed by atoms with van der Waals surface area (Å²) >= 11 is 0. The van der Waals surface area contributed by atoms with Gasteiger partial charge in [-0.05, 0) is 45.6 Å². The van der Waals surface area contributed by atoms with Gasteiger partial charge < -0.3 is 10.1 Å². The van der Waals surface area contributed by atoms with Crippen molar-refractivity contribution in [3.05, 3.63) is 28.7 Å². The highest BCUT2D eigenvalue weighted by atomic mass is 16.5. The molecule has 1 N–H and O–H groups in total. The number of ether oxygens (including phenoxy) is 1. The number of nitrogens with one attached hydrogen (secondary N) is 1. The number of fused-ring (bicyclic) bond motifs is 1. The summed E-state index contributed by atoms with van der Waals surface area (Å²) in [6.07, 6.45) is 5.25. The van der Waals surface area contributed by atoms with Gasteiger partial charge in [0.1, 0.15) is 5.56 Å². The Balaban J connectivity index is 1.62. The standard InChI is InChI=1S/C19H28N4O2/c1-12-7-5-6-8-16(12)25-10-9-20-19(24)17-15(4)22-23-14(3)11-13(2)21-18(17)23/h11-12,16H,5-10H2,1-4H3,(H,20,24)/t12-,16+/m1/s1. The molecule has 0 spiro atoms. The molecule has 6 heteroatoms. The molecule has 0 saturated heterocycles. The first-order valence-electron chi connectivity index (χ1n) is 9.20. The first-order valence-corrected chi connectivity index (χ1v) is 9.20. The van der Waals surface area contributed by atoms with Crippen LogP contribution in [0.1, 0.15) is 60.0 Å². The van der Waals surface area contributed by atoms with Crippen molar-refractivity contribution in [2.45, 2.75) is 59.5 Å². The molecule has 25 heavy (non-hydrogen) atoms. The summed E-state index contributed by atoms with van der Waals surface area (Å²) < 4.78 is 7.70. The van der Waals surface area contributed by atoms with E-state index in [1.807, 2.05) is 26.8 Å². The van der Waals surface area contributed by atoms with E-state index < -0.39 is 0 Å². The zero-order chi connectivity index (χ0) is 18.0. The van der Waals surface area contributed by atoms with Crippen LogP contribution in [0, 0.1) is 26.7 Å². The normalized spacial score (nSPS) is 20.8. The number of hydrogen-bond donors (Lipinski definition) is 1. The summed E-state index contributed by atoms with van der Waals surface area (Å²) in [7, 11) is 0. The molecule has 1 saturated carbocycles. The quantitative estimate of drug-likeness (QED) is 0.847. The van der Waals surface area contributed by atoms with E-state index in [0.29, 0.717) is 42.1 Å². The third-order valence-electron chi connectivity index (χ3n) is 5.05. The second kappa shape index (κ2) is 7.52. The van der Waals surface area contributed by atoms with E-state index >= 15 is 0 Å². The number of aromatic nitrogens is 3. The summed E-state index contributed by atoms with van der Waals surface area (Å²) in [5, 5.41) is 7.40. The fraction of sp³-hybridized carbons (Fsp3) is 0.632. The zero-order valence-electron chi connectivity index (χ0n) is 15.6. The first kappa shape index (κ1) is 17.9. The Kier molecular flexibility index (Phi) is 5.37. The molecule has 136 valence electrons. The van der Waals surface area contributed by atoms with Crippen LogP contribution in [0.15, 0.2) is 6.07 Å². The molecule has 0 radical (unpaired) electrons. The fourth-order valence-electron chi connectivity index (χ4n) is 3.69. The van der Waals surface area contributed by atoms with Gasteiger partial charge in [0.15, 0.2) is 5.65 Å². The lowest BCUT2D eigenvalue weighted by molar-refractivity contribution is -0.00293. The smallest absolute Gasteiger partial charge is 0.257 e. The molecule has 2 aromatic heterocycles. The van der Waals surface area contributed by atoms with E-state index in [1.165, 1.54) is 19.3 Å². The number of nitrogens with zero attached hydrogens (tertiary/aromatic N) is 3. The Morgan fingerprint density at radius 1 is 1.32 bits per heavy atom. The van der Waals surface area contributed by atoms with E-state index in [9.17, 15) is 4.79 Å². The topological polar surface area (TPSA) is 68.5 Å². The van der Waals surface area contributed by atoms with Gasteiger partial charge in [0, 0.05) is 17.9 Å². The van der Waals surface area contributed by atoms with Crippen molar-refractivity contribution in [3.8, 4) is 0 Å². The maximum Gasteiger partial charge on any atom is 0.257 e.